The van der Waals surface area contributed by atoms with Gasteiger partial charge in [0.05, 0.1) is 13.2 Å². The van der Waals surface area contributed by atoms with E-state index in [-0.39, 0.29) is 0 Å². The van der Waals surface area contributed by atoms with Crippen molar-refractivity contribution in [1.29, 1.82) is 0 Å². The van der Waals surface area contributed by atoms with E-state index < -0.39 is 0 Å². The second kappa shape index (κ2) is 14.5. The molecule has 1 aliphatic carbocycles. The molecule has 37 heavy (non-hydrogen) atoms. The zero-order valence-electron chi connectivity index (χ0n) is 28.0. The van der Waals surface area contributed by atoms with Crippen LogP contribution in [0.1, 0.15) is 109 Å². The summed E-state index contributed by atoms with van der Waals surface area (Å²) in [4.78, 5) is 7.37. The molecule has 4 aliphatic rings. The molecule has 0 amide bonds. The van der Waals surface area contributed by atoms with Crippen LogP contribution in [0.3, 0.4) is 0 Å². The lowest BCUT2D eigenvalue weighted by Crippen LogP contribution is -2.52. The normalized spacial score (nSPS) is 23.5. The van der Waals surface area contributed by atoms with Gasteiger partial charge in [-0.25, -0.2) is 0 Å². The van der Waals surface area contributed by atoms with Gasteiger partial charge >= 0.3 is 0 Å². The number of hydrogen-bond acceptors (Lipinski definition) is 4. The van der Waals surface area contributed by atoms with E-state index in [1.165, 1.54) is 65.0 Å². The highest BCUT2D eigenvalue weighted by atomic mass is 16.5. The minimum Gasteiger partial charge on any atom is -0.381 e. The summed E-state index contributed by atoms with van der Waals surface area (Å²) in [5.74, 6) is 2.80. The molecule has 4 nitrogen and oxygen atoms in total. The third-order valence-electron chi connectivity index (χ3n) is 9.06. The third-order valence-corrected chi connectivity index (χ3v) is 9.06. The van der Waals surface area contributed by atoms with Crippen LogP contribution in [0.4, 0.5) is 0 Å². The van der Waals surface area contributed by atoms with E-state index in [4.69, 9.17) is 4.74 Å². The summed E-state index contributed by atoms with van der Waals surface area (Å²) < 4.78 is 5.06. The predicted molar refractivity (Wildman–Crippen MR) is 164 cm³/mol. The maximum Gasteiger partial charge on any atom is 0.0521 e. The number of likely N-dealkylation sites (tertiary alicyclic amines) is 1. The molecule has 0 aromatic carbocycles. The van der Waals surface area contributed by atoms with Crippen molar-refractivity contribution >= 4 is 0 Å². The van der Waals surface area contributed by atoms with Gasteiger partial charge < -0.3 is 14.5 Å². The Labute approximate surface area is 234 Å². The first-order valence-electron chi connectivity index (χ1n) is 15.4. The summed E-state index contributed by atoms with van der Waals surface area (Å²) in [6.07, 6.45) is 5.73. The van der Waals surface area contributed by atoms with E-state index in [0.29, 0.717) is 21.8 Å². The highest BCUT2D eigenvalue weighted by Gasteiger charge is 2.33. The number of piperidine rings is 1. The van der Waals surface area contributed by atoms with Gasteiger partial charge in [0, 0.05) is 37.6 Å². The van der Waals surface area contributed by atoms with E-state index in [9.17, 15) is 0 Å². The predicted octanol–water partition coefficient (Wildman–Crippen LogP) is 7.53. The Morgan fingerprint density at radius 1 is 0.459 bits per heavy atom. The molecule has 3 heterocycles. The van der Waals surface area contributed by atoms with Crippen molar-refractivity contribution in [3.8, 4) is 0 Å². The van der Waals surface area contributed by atoms with Crippen molar-refractivity contribution in [2.45, 2.75) is 114 Å². The fourth-order valence-corrected chi connectivity index (χ4v) is 5.04. The van der Waals surface area contributed by atoms with Crippen molar-refractivity contribution in [3.63, 3.8) is 0 Å². The van der Waals surface area contributed by atoms with Crippen LogP contribution in [0, 0.1) is 34.0 Å². The molecular formula is C33H69N3O. The van der Waals surface area contributed by atoms with Gasteiger partial charge in [-0.15, -0.1) is 0 Å². The summed E-state index contributed by atoms with van der Waals surface area (Å²) in [7, 11) is 4.42. The second-order valence-corrected chi connectivity index (χ2v) is 16.6. The Hall–Kier alpha value is -0.160. The Kier molecular flexibility index (Phi) is 13.6. The number of rotatable bonds is 0. The quantitative estimate of drug-likeness (QED) is 0.327. The molecule has 0 bridgehead atoms. The van der Waals surface area contributed by atoms with E-state index in [2.05, 4.69) is 112 Å². The summed E-state index contributed by atoms with van der Waals surface area (Å²) in [5.41, 5.74) is 1.97. The molecule has 0 aromatic heterocycles. The maximum absolute atomic E-state index is 5.06. The number of nitrogens with zero attached hydrogens (tertiary/aromatic N) is 3. The lowest BCUT2D eigenvalue weighted by atomic mass is 9.75. The van der Waals surface area contributed by atoms with E-state index >= 15 is 0 Å². The summed E-state index contributed by atoms with van der Waals surface area (Å²) >= 11 is 0. The summed E-state index contributed by atoms with van der Waals surface area (Å²) in [6.45, 7) is 37.1. The average molecular weight is 524 g/mol. The molecule has 3 saturated heterocycles. The smallest absolute Gasteiger partial charge is 0.0521 e. The van der Waals surface area contributed by atoms with Crippen LogP contribution >= 0.6 is 0 Å². The third kappa shape index (κ3) is 14.7. The van der Waals surface area contributed by atoms with Gasteiger partial charge in [-0.2, -0.15) is 0 Å². The molecule has 0 aromatic rings. The molecule has 4 heteroatoms. The fourth-order valence-electron chi connectivity index (χ4n) is 5.04. The van der Waals surface area contributed by atoms with E-state index in [1.807, 2.05) is 0 Å². The van der Waals surface area contributed by atoms with Gasteiger partial charge in [0.2, 0.25) is 0 Å². The Morgan fingerprint density at radius 3 is 1.03 bits per heavy atom. The number of hydrogen-bond donors (Lipinski definition) is 0. The van der Waals surface area contributed by atoms with Gasteiger partial charge in [0.15, 0.2) is 0 Å². The Balaban J connectivity index is 0.000000251. The molecule has 222 valence electrons. The summed E-state index contributed by atoms with van der Waals surface area (Å²) in [5, 5.41) is 0. The highest BCUT2D eigenvalue weighted by molar-refractivity contribution is 4.84. The minimum atomic E-state index is 0.362. The van der Waals surface area contributed by atoms with E-state index in [1.54, 1.807) is 0 Å². The zero-order chi connectivity index (χ0) is 28.7. The molecular weight excluding hydrogens is 454 g/mol. The van der Waals surface area contributed by atoms with Crippen LogP contribution in [0.15, 0.2) is 0 Å². The Bertz CT molecular complexity index is 563. The van der Waals surface area contributed by atoms with Crippen molar-refractivity contribution in [2.75, 3.05) is 66.6 Å². The molecule has 4 fully saturated rings. The lowest BCUT2D eigenvalue weighted by molar-refractivity contribution is -0.0821. The van der Waals surface area contributed by atoms with Crippen LogP contribution in [0.5, 0.6) is 0 Å². The Morgan fingerprint density at radius 2 is 0.811 bits per heavy atom. The van der Waals surface area contributed by atoms with Crippen LogP contribution in [0.25, 0.3) is 0 Å². The average Bonchev–Trinajstić information content (AvgIpc) is 3.51. The van der Waals surface area contributed by atoms with Crippen molar-refractivity contribution in [3.05, 3.63) is 0 Å². The van der Waals surface area contributed by atoms with Crippen molar-refractivity contribution in [2.24, 2.45) is 34.0 Å². The first kappa shape index (κ1) is 34.9. The number of ether oxygens (including phenoxy) is 1. The maximum atomic E-state index is 5.06. The topological polar surface area (TPSA) is 19.0 Å². The summed E-state index contributed by atoms with van der Waals surface area (Å²) in [6, 6.07) is 0. The second-order valence-electron chi connectivity index (χ2n) is 16.6. The molecule has 4 rings (SSSR count). The molecule has 0 N–H and O–H groups in total. The van der Waals surface area contributed by atoms with Gasteiger partial charge in [-0.05, 0) is 102 Å². The van der Waals surface area contributed by atoms with Crippen LogP contribution in [-0.2, 0) is 4.74 Å². The standard InChI is InChI=1S/C10H21N.C9H20N2.C7H14O.C7H14/c1-10(2,3)9-5-7-11(4)8-6-9;1-9(2,3)11-7-5-10(4)6-8-11;1-7(2,3)6-4-8-5-6;1-7(2,3)6-4-5-6/h9H,5-8H2,1-4H3;5-8H2,1-4H3;6H,4-5H2,1-3H3;6H,4-5H2,1-3H3. The number of likely N-dealkylation sites (N-methyl/N-ethyl adjacent to an activating group) is 1. The monoisotopic (exact) mass is 524 g/mol. The molecule has 0 spiro atoms. The molecule has 0 unspecified atom stereocenters. The lowest BCUT2D eigenvalue weighted by Gasteiger charge is -2.41. The SMILES string of the molecule is CC(C)(C)C1CC1.CC(C)(C)C1COC1.CN1CCC(C(C)(C)C)CC1.CN1CCN(C(C)(C)C)CC1. The van der Waals surface area contributed by atoms with Gasteiger partial charge in [-0.3, -0.25) is 4.90 Å². The highest BCUT2D eigenvalue weighted by Crippen LogP contribution is 2.44. The van der Waals surface area contributed by atoms with Gasteiger partial charge in [0.25, 0.3) is 0 Å². The largest absolute Gasteiger partial charge is 0.381 e. The first-order valence-corrected chi connectivity index (χ1v) is 15.4. The number of piperazine rings is 1. The first-order chi connectivity index (χ1) is 16.7. The van der Waals surface area contributed by atoms with Crippen LogP contribution in [-0.4, -0.2) is 86.8 Å². The van der Waals surface area contributed by atoms with Crippen LogP contribution < -0.4 is 0 Å². The molecule has 3 aliphatic heterocycles. The van der Waals surface area contributed by atoms with E-state index in [0.717, 1.165) is 31.0 Å². The van der Waals surface area contributed by atoms with Crippen molar-refractivity contribution in [1.82, 2.24) is 14.7 Å². The molecule has 0 atom stereocenters. The van der Waals surface area contributed by atoms with Crippen LogP contribution in [0.2, 0.25) is 0 Å². The van der Waals surface area contributed by atoms with Gasteiger partial charge in [0.1, 0.15) is 0 Å². The fraction of sp³-hybridized carbons (Fsp3) is 1.00. The minimum absolute atomic E-state index is 0.362. The van der Waals surface area contributed by atoms with Crippen molar-refractivity contribution < 1.29 is 4.74 Å². The zero-order valence-corrected chi connectivity index (χ0v) is 28.0. The molecule has 1 saturated carbocycles. The van der Waals surface area contributed by atoms with Gasteiger partial charge in [-0.1, -0.05) is 62.3 Å². The molecule has 0 radical (unpaired) electrons.